The molecule has 0 saturated heterocycles. The van der Waals surface area contributed by atoms with E-state index in [9.17, 15) is 0 Å². The highest BCUT2D eigenvalue weighted by atomic mass is 32.1. The molecule has 1 fully saturated rings. The largest absolute Gasteiger partial charge is 0.454 e. The minimum Gasteiger partial charge on any atom is -0.454 e. The summed E-state index contributed by atoms with van der Waals surface area (Å²) in [6.45, 7) is 0.270. The molecule has 9 heteroatoms. The van der Waals surface area contributed by atoms with Crippen LogP contribution < -0.4 is 30.3 Å². The molecular weight excluding hydrogens is 436 g/mol. The highest BCUT2D eigenvalue weighted by molar-refractivity contribution is 7.80. The Morgan fingerprint density at radius 3 is 2.58 bits per heavy atom. The second-order valence-corrected chi connectivity index (χ2v) is 9.67. The van der Waals surface area contributed by atoms with E-state index in [2.05, 4.69) is 34.9 Å². The van der Waals surface area contributed by atoms with E-state index in [0.29, 0.717) is 17.2 Å². The molecule has 5 rings (SSSR count). The summed E-state index contributed by atoms with van der Waals surface area (Å²) in [6, 6.07) is 6.50. The third-order valence-electron chi connectivity index (χ3n) is 6.61. The van der Waals surface area contributed by atoms with Gasteiger partial charge in [-0.1, -0.05) is 0 Å². The Labute approximate surface area is 200 Å². The summed E-state index contributed by atoms with van der Waals surface area (Å²) in [5.74, 6) is 3.36. The number of thiocarbonyl (C=S) groups is 1. The molecule has 0 radical (unpaired) electrons. The second kappa shape index (κ2) is 9.59. The Balaban J connectivity index is 1.13. The normalized spacial score (nSPS) is 21.2. The van der Waals surface area contributed by atoms with Crippen LogP contribution in [0.2, 0.25) is 0 Å². The molecule has 8 nitrogen and oxygen atoms in total. The van der Waals surface area contributed by atoms with Gasteiger partial charge < -0.3 is 30.3 Å². The molecule has 0 atom stereocenters. The maximum atomic E-state index is 5.54. The van der Waals surface area contributed by atoms with E-state index in [4.69, 9.17) is 31.7 Å². The third-order valence-corrected chi connectivity index (χ3v) is 6.83. The maximum absolute atomic E-state index is 5.54. The number of hydrogen-bond acceptors (Lipinski definition) is 7. The number of benzene rings is 1. The first-order valence-corrected chi connectivity index (χ1v) is 12.3. The Kier molecular flexibility index (Phi) is 6.39. The van der Waals surface area contributed by atoms with Gasteiger partial charge in [-0.3, -0.25) is 0 Å². The van der Waals surface area contributed by atoms with Crippen LogP contribution in [0.4, 0.5) is 17.5 Å². The van der Waals surface area contributed by atoms with Crippen molar-refractivity contribution in [3.63, 3.8) is 0 Å². The SMILES string of the molecule is CN(C)c1nc(NC2CCC(NC(=S)Nc3ccc4c(c3)OCO4)CC2)nc2c1CCCC2. The predicted molar refractivity (Wildman–Crippen MR) is 135 cm³/mol. The molecule has 3 aliphatic rings. The zero-order valence-electron chi connectivity index (χ0n) is 19.3. The molecule has 0 unspecified atom stereocenters. The van der Waals surface area contributed by atoms with Gasteiger partial charge in [0.05, 0.1) is 5.69 Å². The summed E-state index contributed by atoms with van der Waals surface area (Å²) in [5.41, 5.74) is 3.44. The summed E-state index contributed by atoms with van der Waals surface area (Å²) in [4.78, 5) is 11.8. The van der Waals surface area contributed by atoms with E-state index in [1.54, 1.807) is 0 Å². The van der Waals surface area contributed by atoms with Crippen molar-refractivity contribution in [2.45, 2.75) is 63.5 Å². The van der Waals surface area contributed by atoms with Crippen LogP contribution in [0.15, 0.2) is 18.2 Å². The number of aryl methyl sites for hydroxylation is 1. The summed E-state index contributed by atoms with van der Waals surface area (Å²) >= 11 is 5.54. The van der Waals surface area contributed by atoms with Crippen LogP contribution in [0.5, 0.6) is 11.5 Å². The average molecular weight is 469 g/mol. The number of nitrogens with zero attached hydrogens (tertiary/aromatic N) is 3. The molecule has 3 N–H and O–H groups in total. The molecule has 1 saturated carbocycles. The molecule has 1 aromatic carbocycles. The Morgan fingerprint density at radius 1 is 1.00 bits per heavy atom. The molecule has 0 amide bonds. The summed E-state index contributed by atoms with van der Waals surface area (Å²) in [6.07, 6.45) is 8.79. The van der Waals surface area contributed by atoms with Crippen LogP contribution in [0, 0.1) is 0 Å². The Morgan fingerprint density at radius 2 is 1.76 bits per heavy atom. The lowest BCUT2D eigenvalue weighted by molar-refractivity contribution is 0.174. The second-order valence-electron chi connectivity index (χ2n) is 9.26. The quantitative estimate of drug-likeness (QED) is 0.567. The van der Waals surface area contributed by atoms with Gasteiger partial charge >= 0.3 is 0 Å². The molecule has 2 heterocycles. The molecule has 1 aromatic heterocycles. The summed E-state index contributed by atoms with van der Waals surface area (Å²) in [7, 11) is 4.14. The van der Waals surface area contributed by atoms with Gasteiger partial charge in [0.1, 0.15) is 5.82 Å². The van der Waals surface area contributed by atoms with E-state index in [-0.39, 0.29) is 6.79 Å². The fourth-order valence-corrected chi connectivity index (χ4v) is 5.18. The number of hydrogen-bond donors (Lipinski definition) is 3. The van der Waals surface area contributed by atoms with Crippen LogP contribution in [-0.2, 0) is 12.8 Å². The Bertz CT molecular complexity index is 1020. The molecule has 2 aromatic rings. The van der Waals surface area contributed by atoms with Crippen molar-refractivity contribution in [2.75, 3.05) is 36.4 Å². The van der Waals surface area contributed by atoms with E-state index < -0.39 is 0 Å². The number of fused-ring (bicyclic) bond motifs is 2. The lowest BCUT2D eigenvalue weighted by atomic mass is 9.91. The van der Waals surface area contributed by atoms with Gasteiger partial charge in [0, 0.05) is 43.5 Å². The highest BCUT2D eigenvalue weighted by Gasteiger charge is 2.24. The van der Waals surface area contributed by atoms with Crippen molar-refractivity contribution < 1.29 is 9.47 Å². The molecule has 0 spiro atoms. The van der Waals surface area contributed by atoms with E-state index >= 15 is 0 Å². The first-order chi connectivity index (χ1) is 16.0. The first kappa shape index (κ1) is 22.0. The maximum Gasteiger partial charge on any atom is 0.231 e. The summed E-state index contributed by atoms with van der Waals surface area (Å²) in [5, 5.41) is 11.0. The number of ether oxygens (including phenoxy) is 2. The summed E-state index contributed by atoms with van der Waals surface area (Å²) < 4.78 is 10.8. The number of nitrogens with one attached hydrogen (secondary N) is 3. The standard InChI is InChI=1S/C24H32N6O2S/c1-30(2)22-18-5-3-4-6-19(18)28-23(29-22)25-15-7-9-16(10-8-15)26-24(33)27-17-11-12-20-21(13-17)32-14-31-20/h11-13,15-16H,3-10,14H2,1-2H3,(H,25,28,29)(H2,26,27,33). The van der Waals surface area contributed by atoms with Gasteiger partial charge in [-0.05, 0) is 75.7 Å². The van der Waals surface area contributed by atoms with Gasteiger partial charge in [0.15, 0.2) is 16.6 Å². The lowest BCUT2D eigenvalue weighted by Gasteiger charge is -2.31. The van der Waals surface area contributed by atoms with Crippen LogP contribution in [0.25, 0.3) is 0 Å². The fourth-order valence-electron chi connectivity index (χ4n) is 4.90. The minimum atomic E-state index is 0.270. The molecular formula is C24H32N6O2S. The zero-order valence-corrected chi connectivity index (χ0v) is 20.1. The van der Waals surface area contributed by atoms with Crippen LogP contribution >= 0.6 is 12.2 Å². The minimum absolute atomic E-state index is 0.270. The predicted octanol–water partition coefficient (Wildman–Crippen LogP) is 3.86. The third kappa shape index (κ3) is 5.08. The van der Waals surface area contributed by atoms with Gasteiger partial charge in [-0.25, -0.2) is 4.98 Å². The smallest absolute Gasteiger partial charge is 0.231 e. The van der Waals surface area contributed by atoms with E-state index in [0.717, 1.165) is 67.5 Å². The molecule has 1 aliphatic heterocycles. The van der Waals surface area contributed by atoms with Gasteiger partial charge in [0.2, 0.25) is 12.7 Å². The van der Waals surface area contributed by atoms with Crippen molar-refractivity contribution in [3.05, 3.63) is 29.5 Å². The zero-order chi connectivity index (χ0) is 22.8. The first-order valence-electron chi connectivity index (χ1n) is 11.9. The van der Waals surface area contributed by atoms with Crippen molar-refractivity contribution in [3.8, 4) is 11.5 Å². The molecule has 2 aliphatic carbocycles. The highest BCUT2D eigenvalue weighted by Crippen LogP contribution is 2.34. The van der Waals surface area contributed by atoms with Crippen molar-refractivity contribution in [1.82, 2.24) is 15.3 Å². The van der Waals surface area contributed by atoms with Crippen LogP contribution in [-0.4, -0.2) is 48.1 Å². The number of anilines is 3. The van der Waals surface area contributed by atoms with Gasteiger partial charge in [-0.15, -0.1) is 0 Å². The average Bonchev–Trinajstić information content (AvgIpc) is 3.27. The monoisotopic (exact) mass is 468 g/mol. The van der Waals surface area contributed by atoms with Crippen LogP contribution in [0.1, 0.15) is 49.8 Å². The number of rotatable bonds is 5. The molecule has 0 bridgehead atoms. The molecule has 176 valence electrons. The van der Waals surface area contributed by atoms with Gasteiger partial charge in [-0.2, -0.15) is 4.98 Å². The molecule has 33 heavy (non-hydrogen) atoms. The Hall–Kier alpha value is -2.81. The van der Waals surface area contributed by atoms with Crippen molar-refractivity contribution >= 4 is 34.8 Å². The van der Waals surface area contributed by atoms with E-state index in [1.807, 2.05) is 18.2 Å². The van der Waals surface area contributed by atoms with Crippen LogP contribution in [0.3, 0.4) is 0 Å². The lowest BCUT2D eigenvalue weighted by Crippen LogP contribution is -2.42. The van der Waals surface area contributed by atoms with Crippen molar-refractivity contribution in [1.29, 1.82) is 0 Å². The van der Waals surface area contributed by atoms with E-state index in [1.165, 1.54) is 24.1 Å². The number of aromatic nitrogens is 2. The van der Waals surface area contributed by atoms with Gasteiger partial charge in [0.25, 0.3) is 0 Å². The van der Waals surface area contributed by atoms with Crippen molar-refractivity contribution in [2.24, 2.45) is 0 Å². The fraction of sp³-hybridized carbons (Fsp3) is 0.542. The topological polar surface area (TPSA) is 83.6 Å².